The topological polar surface area (TPSA) is 48.1 Å². The lowest BCUT2D eigenvalue weighted by atomic mass is 10.1. The molecule has 0 bridgehead atoms. The molecule has 3 nitrogen and oxygen atoms in total. The highest BCUT2D eigenvalue weighted by molar-refractivity contribution is 5.81. The van der Waals surface area contributed by atoms with Gasteiger partial charge in [0.05, 0.1) is 5.52 Å². The van der Waals surface area contributed by atoms with Gasteiger partial charge in [0.2, 0.25) is 0 Å². The van der Waals surface area contributed by atoms with Gasteiger partial charge in [0.15, 0.2) is 0 Å². The van der Waals surface area contributed by atoms with Crippen LogP contribution in [0.25, 0.3) is 10.9 Å². The van der Waals surface area contributed by atoms with Crippen LogP contribution in [0.5, 0.6) is 5.75 Å². The van der Waals surface area contributed by atoms with E-state index in [-0.39, 0.29) is 5.75 Å². The molecule has 0 aliphatic heterocycles. The van der Waals surface area contributed by atoms with Crippen LogP contribution >= 0.6 is 0 Å². The number of halogens is 3. The number of pyridine rings is 1. The van der Waals surface area contributed by atoms with E-state index in [1.165, 1.54) is 18.2 Å². The lowest BCUT2D eigenvalue weighted by molar-refractivity contribution is -0.274. The Hall–Kier alpha value is -1.82. The molecule has 1 aromatic carbocycles. The van der Waals surface area contributed by atoms with Crippen LogP contribution in [0.4, 0.5) is 13.2 Å². The first kappa shape index (κ1) is 13.6. The van der Waals surface area contributed by atoms with E-state index >= 15 is 0 Å². The molecule has 0 spiro atoms. The minimum atomic E-state index is -4.68. The van der Waals surface area contributed by atoms with Gasteiger partial charge in [-0.1, -0.05) is 0 Å². The Morgan fingerprint density at radius 3 is 2.63 bits per heavy atom. The largest absolute Gasteiger partial charge is 0.573 e. The zero-order chi connectivity index (χ0) is 14.0. The zero-order valence-electron chi connectivity index (χ0n) is 10.3. The Kier molecular flexibility index (Phi) is 3.61. The number of hydrogen-bond acceptors (Lipinski definition) is 3. The second-order valence-corrected chi connectivity index (χ2v) is 4.19. The number of nitrogens with two attached hydrogens (primary N) is 1. The van der Waals surface area contributed by atoms with Crippen molar-refractivity contribution in [1.29, 1.82) is 0 Å². The van der Waals surface area contributed by atoms with E-state index in [9.17, 15) is 13.2 Å². The molecule has 0 saturated heterocycles. The molecular formula is C13H13F3N2O. The highest BCUT2D eigenvalue weighted by Gasteiger charge is 2.31. The Bertz CT molecular complexity index is 596. The van der Waals surface area contributed by atoms with Crippen molar-refractivity contribution in [3.63, 3.8) is 0 Å². The molecule has 0 fully saturated rings. The molecule has 0 aliphatic carbocycles. The quantitative estimate of drug-likeness (QED) is 0.932. The van der Waals surface area contributed by atoms with E-state index in [1.54, 1.807) is 6.07 Å². The number of ether oxygens (including phenoxy) is 1. The monoisotopic (exact) mass is 270 g/mol. The first-order valence-electron chi connectivity index (χ1n) is 5.75. The van der Waals surface area contributed by atoms with Gasteiger partial charge in [0.25, 0.3) is 0 Å². The van der Waals surface area contributed by atoms with Crippen molar-refractivity contribution >= 4 is 10.9 Å². The molecule has 0 saturated carbocycles. The SMILES string of the molecule is Cc1cc2cc(OC(F)(F)F)ccc2nc1CCN. The summed E-state index contributed by atoms with van der Waals surface area (Å²) in [6.07, 6.45) is -4.04. The molecule has 0 radical (unpaired) electrons. The summed E-state index contributed by atoms with van der Waals surface area (Å²) in [6.45, 7) is 2.34. The van der Waals surface area contributed by atoms with Crippen molar-refractivity contribution in [3.05, 3.63) is 35.5 Å². The van der Waals surface area contributed by atoms with Crippen molar-refractivity contribution < 1.29 is 17.9 Å². The zero-order valence-corrected chi connectivity index (χ0v) is 10.3. The number of hydrogen-bond donors (Lipinski definition) is 1. The van der Waals surface area contributed by atoms with Crippen molar-refractivity contribution in [2.45, 2.75) is 19.7 Å². The van der Waals surface area contributed by atoms with Gasteiger partial charge in [-0.25, -0.2) is 0 Å². The molecule has 6 heteroatoms. The van der Waals surface area contributed by atoms with E-state index < -0.39 is 6.36 Å². The van der Waals surface area contributed by atoms with Crippen LogP contribution < -0.4 is 10.5 Å². The van der Waals surface area contributed by atoms with Crippen LogP contribution in [0, 0.1) is 6.92 Å². The third-order valence-electron chi connectivity index (χ3n) is 2.70. The molecule has 102 valence electrons. The molecule has 0 aliphatic rings. The smallest absolute Gasteiger partial charge is 0.406 e. The molecule has 0 atom stereocenters. The molecule has 2 rings (SSSR count). The normalized spacial score (nSPS) is 11.8. The van der Waals surface area contributed by atoms with Crippen LogP contribution in [0.3, 0.4) is 0 Å². The first-order valence-corrected chi connectivity index (χ1v) is 5.75. The van der Waals surface area contributed by atoms with E-state index in [1.807, 2.05) is 6.92 Å². The van der Waals surface area contributed by atoms with E-state index in [4.69, 9.17) is 5.73 Å². The summed E-state index contributed by atoms with van der Waals surface area (Å²) < 4.78 is 40.3. The Labute approximate surface area is 108 Å². The highest BCUT2D eigenvalue weighted by atomic mass is 19.4. The molecular weight excluding hydrogens is 257 g/mol. The summed E-state index contributed by atoms with van der Waals surface area (Å²) in [5.74, 6) is -0.243. The van der Waals surface area contributed by atoms with Crippen LogP contribution in [-0.4, -0.2) is 17.9 Å². The summed E-state index contributed by atoms with van der Waals surface area (Å²) in [5.41, 5.74) is 7.88. The van der Waals surface area contributed by atoms with Crippen LogP contribution in [0.1, 0.15) is 11.3 Å². The van der Waals surface area contributed by atoms with Gasteiger partial charge in [-0.3, -0.25) is 4.98 Å². The predicted molar refractivity (Wildman–Crippen MR) is 65.9 cm³/mol. The fraction of sp³-hybridized carbons (Fsp3) is 0.308. The fourth-order valence-electron chi connectivity index (χ4n) is 1.89. The molecule has 1 heterocycles. The van der Waals surface area contributed by atoms with Crippen LogP contribution in [0.2, 0.25) is 0 Å². The molecule has 2 aromatic rings. The van der Waals surface area contributed by atoms with Crippen molar-refractivity contribution in [2.75, 3.05) is 6.54 Å². The molecule has 0 unspecified atom stereocenters. The summed E-state index contributed by atoms with van der Waals surface area (Å²) in [6, 6.07) is 5.88. The average molecular weight is 270 g/mol. The maximum Gasteiger partial charge on any atom is 0.573 e. The summed E-state index contributed by atoms with van der Waals surface area (Å²) in [5, 5.41) is 0.611. The summed E-state index contributed by atoms with van der Waals surface area (Å²) in [7, 11) is 0. The molecule has 1 aromatic heterocycles. The number of aromatic nitrogens is 1. The lowest BCUT2D eigenvalue weighted by Gasteiger charge is -2.10. The number of fused-ring (bicyclic) bond motifs is 1. The van der Waals surface area contributed by atoms with Crippen molar-refractivity contribution in [3.8, 4) is 5.75 Å². The predicted octanol–water partition coefficient (Wildman–Crippen LogP) is 2.94. The Balaban J connectivity index is 2.41. The van der Waals surface area contributed by atoms with E-state index in [0.29, 0.717) is 23.9 Å². The van der Waals surface area contributed by atoms with Crippen LogP contribution in [0.15, 0.2) is 24.3 Å². The third kappa shape index (κ3) is 3.35. The van der Waals surface area contributed by atoms with Gasteiger partial charge in [-0.15, -0.1) is 13.2 Å². The number of alkyl halides is 3. The minimum Gasteiger partial charge on any atom is -0.406 e. The lowest BCUT2D eigenvalue weighted by Crippen LogP contribution is -2.17. The van der Waals surface area contributed by atoms with Gasteiger partial charge in [0.1, 0.15) is 5.75 Å². The second-order valence-electron chi connectivity index (χ2n) is 4.19. The van der Waals surface area contributed by atoms with Gasteiger partial charge in [0, 0.05) is 17.5 Å². The fourth-order valence-corrected chi connectivity index (χ4v) is 1.89. The van der Waals surface area contributed by atoms with Gasteiger partial charge < -0.3 is 10.5 Å². The van der Waals surface area contributed by atoms with Crippen LogP contribution in [-0.2, 0) is 6.42 Å². The van der Waals surface area contributed by atoms with E-state index in [0.717, 1.165) is 11.3 Å². The maximum absolute atomic E-state index is 12.1. The number of aryl methyl sites for hydroxylation is 1. The minimum absolute atomic E-state index is 0.243. The number of nitrogens with zero attached hydrogens (tertiary/aromatic N) is 1. The Morgan fingerprint density at radius 2 is 2.00 bits per heavy atom. The maximum atomic E-state index is 12.1. The average Bonchev–Trinajstić information content (AvgIpc) is 2.28. The Morgan fingerprint density at radius 1 is 1.26 bits per heavy atom. The first-order chi connectivity index (χ1) is 8.89. The standard InChI is InChI=1S/C13H13F3N2O/c1-8-6-9-7-10(19-13(14,15)16)2-3-12(9)18-11(8)4-5-17/h2-3,6-7H,4-5,17H2,1H3. The van der Waals surface area contributed by atoms with Gasteiger partial charge in [-0.05, 0) is 43.3 Å². The van der Waals surface area contributed by atoms with E-state index in [2.05, 4.69) is 9.72 Å². The van der Waals surface area contributed by atoms with Crippen molar-refractivity contribution in [1.82, 2.24) is 4.98 Å². The summed E-state index contributed by atoms with van der Waals surface area (Å²) in [4.78, 5) is 4.39. The second kappa shape index (κ2) is 5.05. The molecule has 0 amide bonds. The third-order valence-corrected chi connectivity index (χ3v) is 2.70. The molecule has 2 N–H and O–H groups in total. The van der Waals surface area contributed by atoms with Gasteiger partial charge >= 0.3 is 6.36 Å². The summed E-state index contributed by atoms with van der Waals surface area (Å²) >= 11 is 0. The molecule has 19 heavy (non-hydrogen) atoms. The number of rotatable bonds is 3. The highest BCUT2D eigenvalue weighted by Crippen LogP contribution is 2.26. The van der Waals surface area contributed by atoms with Crippen molar-refractivity contribution in [2.24, 2.45) is 5.73 Å². The van der Waals surface area contributed by atoms with Gasteiger partial charge in [-0.2, -0.15) is 0 Å². The number of benzene rings is 1.